The maximum atomic E-state index is 11.7. The summed E-state index contributed by atoms with van der Waals surface area (Å²) in [6, 6.07) is 6.45. The number of esters is 2. The van der Waals surface area contributed by atoms with Crippen LogP contribution in [0.4, 0.5) is 0 Å². The zero-order chi connectivity index (χ0) is 12.8. The Morgan fingerprint density at radius 2 is 1.28 bits per heavy atom. The minimum Gasteiger partial charge on any atom is -0.462 e. The highest BCUT2D eigenvalue weighted by atomic mass is 16.5. The van der Waals surface area contributed by atoms with Crippen LogP contribution in [0.3, 0.4) is 0 Å². The van der Waals surface area contributed by atoms with Gasteiger partial charge in [0.2, 0.25) is 0 Å². The van der Waals surface area contributed by atoms with Gasteiger partial charge in [0.25, 0.3) is 0 Å². The highest BCUT2D eigenvalue weighted by molar-refractivity contribution is 5.95. The van der Waals surface area contributed by atoms with Gasteiger partial charge in [-0.15, -0.1) is 0 Å². The molecule has 2 rings (SSSR count). The molecule has 1 aliphatic heterocycles. The van der Waals surface area contributed by atoms with Crippen LogP contribution in [-0.2, 0) is 9.47 Å². The van der Waals surface area contributed by atoms with Crippen molar-refractivity contribution in [3.63, 3.8) is 0 Å². The average molecular weight is 248 g/mol. The summed E-state index contributed by atoms with van der Waals surface area (Å²) in [5.74, 6) is -0.771. The second-order valence-corrected chi connectivity index (χ2v) is 4.27. The average Bonchev–Trinajstić information content (AvgIpc) is 2.41. The molecule has 4 heteroatoms. The normalized spacial score (nSPS) is 17.8. The van der Waals surface area contributed by atoms with Crippen LogP contribution in [0.5, 0.6) is 0 Å². The third kappa shape index (κ3) is 3.32. The third-order valence-electron chi connectivity index (χ3n) is 2.84. The Labute approximate surface area is 106 Å². The molecule has 0 spiro atoms. The van der Waals surface area contributed by atoms with Crippen molar-refractivity contribution in [2.75, 3.05) is 13.2 Å². The molecular formula is C14H16O4. The first kappa shape index (κ1) is 12.6. The van der Waals surface area contributed by atoms with Gasteiger partial charge >= 0.3 is 11.9 Å². The third-order valence-corrected chi connectivity index (χ3v) is 2.84. The number of rotatable bonds is 0. The minimum atomic E-state index is -0.385. The molecule has 1 aromatic rings. The lowest BCUT2D eigenvalue weighted by Gasteiger charge is -2.05. The molecule has 0 aliphatic carbocycles. The Bertz CT molecular complexity index is 402. The van der Waals surface area contributed by atoms with Crippen molar-refractivity contribution in [1.29, 1.82) is 0 Å². The van der Waals surface area contributed by atoms with Crippen LogP contribution in [-0.4, -0.2) is 25.2 Å². The molecule has 0 saturated carbocycles. The quantitative estimate of drug-likeness (QED) is 0.662. The van der Waals surface area contributed by atoms with Crippen molar-refractivity contribution in [1.82, 2.24) is 0 Å². The van der Waals surface area contributed by atoms with Gasteiger partial charge in [0.1, 0.15) is 0 Å². The van der Waals surface area contributed by atoms with Gasteiger partial charge < -0.3 is 9.47 Å². The Hall–Kier alpha value is -1.84. The van der Waals surface area contributed by atoms with E-state index in [0.717, 1.165) is 25.7 Å². The number of carbonyl (C=O) groups is 2. The number of benzene rings is 1. The molecule has 0 aromatic heterocycles. The van der Waals surface area contributed by atoms with Crippen LogP contribution in [0.1, 0.15) is 46.4 Å². The highest BCUT2D eigenvalue weighted by Gasteiger charge is 2.13. The lowest BCUT2D eigenvalue weighted by Crippen LogP contribution is -2.09. The smallest absolute Gasteiger partial charge is 0.338 e. The molecule has 1 heterocycles. The van der Waals surface area contributed by atoms with Crippen LogP contribution in [0.15, 0.2) is 24.3 Å². The summed E-state index contributed by atoms with van der Waals surface area (Å²) >= 11 is 0. The van der Waals surface area contributed by atoms with Crippen LogP contribution in [0, 0.1) is 0 Å². The van der Waals surface area contributed by atoms with Crippen molar-refractivity contribution >= 4 is 11.9 Å². The zero-order valence-electron chi connectivity index (χ0n) is 10.2. The summed E-state index contributed by atoms with van der Waals surface area (Å²) in [5, 5.41) is 0. The summed E-state index contributed by atoms with van der Waals surface area (Å²) in [6.45, 7) is 0.857. The van der Waals surface area contributed by atoms with Crippen molar-refractivity contribution < 1.29 is 19.1 Å². The number of ether oxygens (including phenoxy) is 2. The van der Waals surface area contributed by atoms with Crippen molar-refractivity contribution in [3.05, 3.63) is 35.4 Å². The molecule has 1 aromatic carbocycles. The second kappa shape index (κ2) is 6.19. The molecule has 1 aliphatic rings. The molecule has 4 nitrogen and oxygen atoms in total. The first-order chi connectivity index (χ1) is 8.77. The van der Waals surface area contributed by atoms with Crippen LogP contribution < -0.4 is 0 Å². The van der Waals surface area contributed by atoms with Gasteiger partial charge in [0.05, 0.1) is 24.3 Å². The van der Waals surface area contributed by atoms with E-state index in [1.54, 1.807) is 18.2 Å². The van der Waals surface area contributed by atoms with Gasteiger partial charge in [-0.2, -0.15) is 0 Å². The monoisotopic (exact) mass is 248 g/mol. The van der Waals surface area contributed by atoms with Crippen LogP contribution in [0.25, 0.3) is 0 Å². The molecule has 0 radical (unpaired) electrons. The molecular weight excluding hydrogens is 232 g/mol. The van der Waals surface area contributed by atoms with Gasteiger partial charge in [0, 0.05) is 0 Å². The molecule has 0 atom stereocenters. The molecule has 96 valence electrons. The number of hydrogen-bond acceptors (Lipinski definition) is 4. The summed E-state index contributed by atoms with van der Waals surface area (Å²) in [5.41, 5.74) is 0.785. The van der Waals surface area contributed by atoms with Gasteiger partial charge in [-0.05, 0) is 43.9 Å². The Morgan fingerprint density at radius 3 is 1.78 bits per heavy atom. The molecule has 0 unspecified atom stereocenters. The summed E-state index contributed by atoms with van der Waals surface area (Å²) in [4.78, 5) is 23.4. The number of cyclic esters (lactones) is 2. The standard InChI is InChI=1S/C14H16O4/c15-13-11-6-5-7-12(10-11)14(16)18-9-4-2-1-3-8-17-13/h5-7,10H,1-4,8-9H2. The largest absolute Gasteiger partial charge is 0.462 e. The zero-order valence-corrected chi connectivity index (χ0v) is 10.2. The molecule has 0 N–H and O–H groups in total. The van der Waals surface area contributed by atoms with E-state index in [-0.39, 0.29) is 11.9 Å². The fourth-order valence-corrected chi connectivity index (χ4v) is 1.83. The molecule has 18 heavy (non-hydrogen) atoms. The predicted octanol–water partition coefficient (Wildman–Crippen LogP) is 2.57. The molecule has 2 bridgehead atoms. The van der Waals surface area contributed by atoms with Crippen molar-refractivity contribution in [3.8, 4) is 0 Å². The Balaban J connectivity index is 2.17. The van der Waals surface area contributed by atoms with Crippen LogP contribution in [0.2, 0.25) is 0 Å². The maximum absolute atomic E-state index is 11.7. The van der Waals surface area contributed by atoms with E-state index in [1.165, 1.54) is 6.07 Å². The molecule has 0 fully saturated rings. The topological polar surface area (TPSA) is 52.6 Å². The summed E-state index contributed by atoms with van der Waals surface area (Å²) in [7, 11) is 0. The fraction of sp³-hybridized carbons (Fsp3) is 0.429. The van der Waals surface area contributed by atoms with Gasteiger partial charge in [-0.3, -0.25) is 0 Å². The minimum absolute atomic E-state index is 0.385. The van der Waals surface area contributed by atoms with E-state index in [0.29, 0.717) is 24.3 Å². The molecule has 0 amide bonds. The number of fused-ring (bicyclic) bond motifs is 2. The van der Waals surface area contributed by atoms with Crippen molar-refractivity contribution in [2.24, 2.45) is 0 Å². The number of carbonyl (C=O) groups excluding carboxylic acids is 2. The van der Waals surface area contributed by atoms with Crippen LogP contribution >= 0.6 is 0 Å². The van der Waals surface area contributed by atoms with E-state index >= 15 is 0 Å². The Morgan fingerprint density at radius 1 is 0.778 bits per heavy atom. The van der Waals surface area contributed by atoms with E-state index in [9.17, 15) is 9.59 Å². The maximum Gasteiger partial charge on any atom is 0.338 e. The van der Waals surface area contributed by atoms with E-state index < -0.39 is 0 Å². The van der Waals surface area contributed by atoms with E-state index in [1.807, 2.05) is 0 Å². The lowest BCUT2D eigenvalue weighted by atomic mass is 10.1. The first-order valence-corrected chi connectivity index (χ1v) is 6.22. The number of hydrogen-bond donors (Lipinski definition) is 0. The fourth-order valence-electron chi connectivity index (χ4n) is 1.83. The lowest BCUT2D eigenvalue weighted by molar-refractivity contribution is 0.0484. The van der Waals surface area contributed by atoms with Gasteiger partial charge in [-0.25, -0.2) is 9.59 Å². The van der Waals surface area contributed by atoms with Gasteiger partial charge in [-0.1, -0.05) is 6.07 Å². The predicted molar refractivity (Wildman–Crippen MR) is 65.5 cm³/mol. The highest BCUT2D eigenvalue weighted by Crippen LogP contribution is 2.11. The molecule has 0 saturated heterocycles. The first-order valence-electron chi connectivity index (χ1n) is 6.22. The summed E-state index contributed by atoms with van der Waals surface area (Å²) < 4.78 is 10.3. The SMILES string of the molecule is O=C1OCCCCCCOC(=O)c2cccc1c2. The second-order valence-electron chi connectivity index (χ2n) is 4.27. The Kier molecular flexibility index (Phi) is 4.34. The van der Waals surface area contributed by atoms with E-state index in [2.05, 4.69) is 0 Å². The van der Waals surface area contributed by atoms with E-state index in [4.69, 9.17) is 9.47 Å². The van der Waals surface area contributed by atoms with Crippen molar-refractivity contribution in [2.45, 2.75) is 25.7 Å². The van der Waals surface area contributed by atoms with Gasteiger partial charge in [0.15, 0.2) is 0 Å². The summed E-state index contributed by atoms with van der Waals surface area (Å²) in [6.07, 6.45) is 3.64.